The van der Waals surface area contributed by atoms with Gasteiger partial charge in [-0.05, 0) is 44.0 Å². The molecule has 1 unspecified atom stereocenters. The van der Waals surface area contributed by atoms with Crippen LogP contribution in [0.25, 0.3) is 0 Å². The number of nitrogens with two attached hydrogens (primary N) is 1. The monoisotopic (exact) mass is 338 g/mol. The van der Waals surface area contributed by atoms with Gasteiger partial charge in [0, 0.05) is 23.1 Å². The predicted molar refractivity (Wildman–Crippen MR) is 89.9 cm³/mol. The Bertz CT molecular complexity index is 425. The molecule has 1 aliphatic rings. The van der Waals surface area contributed by atoms with Gasteiger partial charge in [0.05, 0.1) is 0 Å². The minimum Gasteiger partial charge on any atom is -0.329 e. The maximum absolute atomic E-state index is 6.09. The van der Waals surface area contributed by atoms with Gasteiger partial charge in [0.1, 0.15) is 0 Å². The summed E-state index contributed by atoms with van der Waals surface area (Å²) in [6.07, 6.45) is 8.17. The van der Waals surface area contributed by atoms with Crippen LogP contribution in [0, 0.1) is 6.92 Å². The molecule has 1 aromatic rings. The molecule has 112 valence electrons. The van der Waals surface area contributed by atoms with Crippen molar-refractivity contribution in [2.24, 2.45) is 5.73 Å². The topological polar surface area (TPSA) is 29.3 Å². The van der Waals surface area contributed by atoms with E-state index >= 15 is 0 Å². The molecule has 3 heteroatoms. The molecule has 1 saturated carbocycles. The summed E-state index contributed by atoms with van der Waals surface area (Å²) in [7, 11) is 2.25. The lowest BCUT2D eigenvalue weighted by Gasteiger charge is -2.34. The lowest BCUT2D eigenvalue weighted by Crippen LogP contribution is -2.38. The standard InChI is InChI=1S/C17H27BrN2/c1-13-11-14(9-10-16(13)18)17(12-19)20(2)15-7-5-3-4-6-8-15/h9-11,15,17H,3-8,12,19H2,1-2H3. The van der Waals surface area contributed by atoms with E-state index < -0.39 is 0 Å². The Morgan fingerprint density at radius 3 is 2.45 bits per heavy atom. The molecule has 2 N–H and O–H groups in total. The van der Waals surface area contributed by atoms with E-state index in [4.69, 9.17) is 5.73 Å². The predicted octanol–water partition coefficient (Wildman–Crippen LogP) is 4.41. The normalized spacial score (nSPS) is 19.1. The Morgan fingerprint density at radius 1 is 1.25 bits per heavy atom. The van der Waals surface area contributed by atoms with Crippen LogP contribution in [0.5, 0.6) is 0 Å². The van der Waals surface area contributed by atoms with Gasteiger partial charge < -0.3 is 5.73 Å². The van der Waals surface area contributed by atoms with Crippen molar-refractivity contribution in [3.05, 3.63) is 33.8 Å². The molecule has 0 heterocycles. The van der Waals surface area contributed by atoms with E-state index in [9.17, 15) is 0 Å². The Morgan fingerprint density at radius 2 is 1.90 bits per heavy atom. The van der Waals surface area contributed by atoms with Gasteiger partial charge in [-0.25, -0.2) is 0 Å². The molecule has 1 aliphatic carbocycles. The largest absolute Gasteiger partial charge is 0.329 e. The molecule has 0 spiro atoms. The summed E-state index contributed by atoms with van der Waals surface area (Å²) in [6.45, 7) is 2.83. The maximum atomic E-state index is 6.09. The number of nitrogens with zero attached hydrogens (tertiary/aromatic N) is 1. The molecule has 2 nitrogen and oxygen atoms in total. The van der Waals surface area contributed by atoms with E-state index in [0.717, 1.165) is 0 Å². The fourth-order valence-electron chi connectivity index (χ4n) is 3.33. The van der Waals surface area contributed by atoms with E-state index in [1.807, 2.05) is 0 Å². The van der Waals surface area contributed by atoms with Crippen molar-refractivity contribution < 1.29 is 0 Å². The third kappa shape index (κ3) is 3.84. The SMILES string of the molecule is Cc1cc(C(CN)N(C)C2CCCCCC2)ccc1Br. The van der Waals surface area contributed by atoms with Gasteiger partial charge >= 0.3 is 0 Å². The number of rotatable bonds is 4. The van der Waals surface area contributed by atoms with Crippen LogP contribution in [0.4, 0.5) is 0 Å². The first-order valence-corrected chi connectivity index (χ1v) is 8.61. The third-order valence-electron chi connectivity index (χ3n) is 4.68. The first-order chi connectivity index (χ1) is 9.63. The summed E-state index contributed by atoms with van der Waals surface area (Å²) in [4.78, 5) is 2.52. The van der Waals surface area contributed by atoms with E-state index in [2.05, 4.69) is 53.0 Å². The summed E-state index contributed by atoms with van der Waals surface area (Å²) in [5.74, 6) is 0. The molecule has 1 fully saturated rings. The summed E-state index contributed by atoms with van der Waals surface area (Å²) in [6, 6.07) is 7.66. The van der Waals surface area contributed by atoms with Gasteiger partial charge in [-0.3, -0.25) is 4.90 Å². The zero-order valence-corrected chi connectivity index (χ0v) is 14.3. The number of aryl methyl sites for hydroxylation is 1. The lowest BCUT2D eigenvalue weighted by molar-refractivity contribution is 0.161. The van der Waals surface area contributed by atoms with Crippen LogP contribution in [-0.2, 0) is 0 Å². The van der Waals surface area contributed by atoms with Crippen molar-refractivity contribution in [1.29, 1.82) is 0 Å². The first-order valence-electron chi connectivity index (χ1n) is 7.81. The Kier molecular flexibility index (Phi) is 6.06. The molecule has 1 aromatic carbocycles. The fourth-order valence-corrected chi connectivity index (χ4v) is 3.58. The van der Waals surface area contributed by atoms with Crippen LogP contribution in [0.1, 0.15) is 55.7 Å². The van der Waals surface area contributed by atoms with Gasteiger partial charge in [-0.15, -0.1) is 0 Å². The van der Waals surface area contributed by atoms with Gasteiger partial charge in [0.2, 0.25) is 0 Å². The number of hydrogen-bond acceptors (Lipinski definition) is 2. The Hall–Kier alpha value is -0.380. The summed E-state index contributed by atoms with van der Waals surface area (Å²) in [5, 5.41) is 0. The van der Waals surface area contributed by atoms with E-state index in [1.165, 1.54) is 54.1 Å². The molecule has 0 bridgehead atoms. The zero-order valence-electron chi connectivity index (χ0n) is 12.7. The zero-order chi connectivity index (χ0) is 14.5. The molecule has 20 heavy (non-hydrogen) atoms. The second-order valence-electron chi connectivity index (χ2n) is 6.07. The number of benzene rings is 1. The van der Waals surface area contributed by atoms with Crippen molar-refractivity contribution in [3.63, 3.8) is 0 Å². The number of hydrogen-bond donors (Lipinski definition) is 1. The molecular formula is C17H27BrN2. The van der Waals surface area contributed by atoms with Crippen molar-refractivity contribution in [3.8, 4) is 0 Å². The number of likely N-dealkylation sites (N-methyl/N-ethyl adjacent to an activating group) is 1. The van der Waals surface area contributed by atoms with Crippen molar-refractivity contribution in [2.75, 3.05) is 13.6 Å². The average molecular weight is 339 g/mol. The quantitative estimate of drug-likeness (QED) is 0.823. The summed E-state index contributed by atoms with van der Waals surface area (Å²) < 4.78 is 1.18. The fraction of sp³-hybridized carbons (Fsp3) is 0.647. The molecule has 0 aliphatic heterocycles. The molecule has 2 rings (SSSR count). The van der Waals surface area contributed by atoms with Crippen LogP contribution < -0.4 is 5.73 Å². The van der Waals surface area contributed by atoms with Gasteiger partial charge in [-0.1, -0.05) is 53.7 Å². The number of halogens is 1. The summed E-state index contributed by atoms with van der Waals surface area (Å²) >= 11 is 3.58. The molecule has 0 aromatic heterocycles. The summed E-state index contributed by atoms with van der Waals surface area (Å²) in [5.41, 5.74) is 8.72. The molecule has 0 radical (unpaired) electrons. The highest BCUT2D eigenvalue weighted by molar-refractivity contribution is 9.10. The van der Waals surface area contributed by atoms with Crippen LogP contribution in [0.15, 0.2) is 22.7 Å². The average Bonchev–Trinajstić information content (AvgIpc) is 2.72. The van der Waals surface area contributed by atoms with Crippen molar-refractivity contribution in [2.45, 2.75) is 57.5 Å². The van der Waals surface area contributed by atoms with E-state index in [0.29, 0.717) is 18.6 Å². The lowest BCUT2D eigenvalue weighted by atomic mass is 9.99. The Balaban J connectivity index is 2.15. The van der Waals surface area contributed by atoms with E-state index in [1.54, 1.807) is 0 Å². The highest BCUT2D eigenvalue weighted by Crippen LogP contribution is 2.29. The minimum atomic E-state index is 0.338. The highest BCUT2D eigenvalue weighted by atomic mass is 79.9. The first kappa shape index (κ1) is 16.0. The molecular weight excluding hydrogens is 312 g/mol. The van der Waals surface area contributed by atoms with Crippen LogP contribution in [0.2, 0.25) is 0 Å². The minimum absolute atomic E-state index is 0.338. The van der Waals surface area contributed by atoms with Crippen LogP contribution >= 0.6 is 15.9 Å². The molecule has 1 atom stereocenters. The van der Waals surface area contributed by atoms with Crippen LogP contribution in [-0.4, -0.2) is 24.5 Å². The smallest absolute Gasteiger partial charge is 0.0470 e. The van der Waals surface area contributed by atoms with Gasteiger partial charge in [0.25, 0.3) is 0 Å². The van der Waals surface area contributed by atoms with Crippen LogP contribution in [0.3, 0.4) is 0 Å². The van der Waals surface area contributed by atoms with Crippen molar-refractivity contribution >= 4 is 15.9 Å². The Labute approximate surface area is 131 Å². The molecule has 0 saturated heterocycles. The highest BCUT2D eigenvalue weighted by Gasteiger charge is 2.24. The third-order valence-corrected chi connectivity index (χ3v) is 5.57. The second-order valence-corrected chi connectivity index (χ2v) is 6.93. The van der Waals surface area contributed by atoms with E-state index in [-0.39, 0.29) is 0 Å². The second kappa shape index (κ2) is 7.58. The molecule has 0 amide bonds. The van der Waals surface area contributed by atoms with Gasteiger partial charge in [0.15, 0.2) is 0 Å². The maximum Gasteiger partial charge on any atom is 0.0470 e. The van der Waals surface area contributed by atoms with Gasteiger partial charge in [-0.2, -0.15) is 0 Å². The van der Waals surface area contributed by atoms with Crippen molar-refractivity contribution in [1.82, 2.24) is 4.90 Å².